The third kappa shape index (κ3) is 3.78. The first-order valence-electron chi connectivity index (χ1n) is 9.43. The number of halogens is 1. The van der Waals surface area contributed by atoms with Gasteiger partial charge in [0.1, 0.15) is 5.82 Å². The Bertz CT molecular complexity index is 944. The van der Waals surface area contributed by atoms with Crippen molar-refractivity contribution in [2.45, 2.75) is 38.6 Å². The summed E-state index contributed by atoms with van der Waals surface area (Å²) in [6, 6.07) is 5.80. The fourth-order valence-electron chi connectivity index (χ4n) is 3.34. The van der Waals surface area contributed by atoms with E-state index in [1.165, 1.54) is 24.3 Å². The highest BCUT2D eigenvalue weighted by molar-refractivity contribution is 5.94. The maximum Gasteiger partial charge on any atom is 0.280 e. The number of carbonyl (C=O) groups excluding carboxylic acids is 1. The zero-order valence-electron chi connectivity index (χ0n) is 15.6. The number of piperidine rings is 1. The van der Waals surface area contributed by atoms with Crippen LogP contribution in [0.1, 0.15) is 48.4 Å². The molecule has 0 radical (unpaired) electrons. The van der Waals surface area contributed by atoms with Gasteiger partial charge in [-0.3, -0.25) is 4.79 Å². The summed E-state index contributed by atoms with van der Waals surface area (Å²) in [6.07, 6.45) is 5.05. The average Bonchev–Trinajstić information content (AvgIpc) is 3.38. The fraction of sp³-hybridized carbons (Fsp3) is 0.421. The van der Waals surface area contributed by atoms with Crippen molar-refractivity contribution in [1.82, 2.24) is 30.0 Å². The van der Waals surface area contributed by atoms with Gasteiger partial charge in [-0.15, -0.1) is 5.10 Å². The lowest BCUT2D eigenvalue weighted by atomic mass is 10.0. The van der Waals surface area contributed by atoms with Crippen LogP contribution in [0.2, 0.25) is 0 Å². The van der Waals surface area contributed by atoms with E-state index < -0.39 is 0 Å². The van der Waals surface area contributed by atoms with E-state index in [1.54, 1.807) is 9.58 Å². The van der Waals surface area contributed by atoms with Crippen molar-refractivity contribution >= 4 is 5.91 Å². The van der Waals surface area contributed by atoms with Crippen LogP contribution in [-0.4, -0.2) is 49.0 Å². The molecule has 3 heterocycles. The standard InChI is InChI=1S/C19H21FN6O2/c1-2-3-17-21-18(28-23-17)16-12-26(24-22-16)15-8-10-25(11-9-15)19(27)13-4-6-14(20)7-5-13/h4-7,12,15H,2-3,8-11H2,1H3. The van der Waals surface area contributed by atoms with Crippen LogP contribution in [0.3, 0.4) is 0 Å². The van der Waals surface area contributed by atoms with Gasteiger partial charge in [0.05, 0.1) is 12.2 Å². The number of amides is 1. The topological polar surface area (TPSA) is 89.9 Å². The summed E-state index contributed by atoms with van der Waals surface area (Å²) in [5.41, 5.74) is 1.06. The van der Waals surface area contributed by atoms with E-state index in [4.69, 9.17) is 4.52 Å². The lowest BCUT2D eigenvalue weighted by Gasteiger charge is -2.31. The Morgan fingerprint density at radius 1 is 1.25 bits per heavy atom. The van der Waals surface area contributed by atoms with Crippen molar-refractivity contribution in [2.75, 3.05) is 13.1 Å². The third-order valence-electron chi connectivity index (χ3n) is 4.89. The number of carbonyl (C=O) groups is 1. The summed E-state index contributed by atoms with van der Waals surface area (Å²) < 4.78 is 20.1. The van der Waals surface area contributed by atoms with Crippen molar-refractivity contribution in [3.05, 3.63) is 47.7 Å². The Kier molecular flexibility index (Phi) is 5.14. The lowest BCUT2D eigenvalue weighted by Crippen LogP contribution is -2.39. The number of nitrogens with zero attached hydrogens (tertiary/aromatic N) is 6. The predicted octanol–water partition coefficient (Wildman–Crippen LogP) is 2.90. The van der Waals surface area contributed by atoms with Crippen molar-refractivity contribution in [3.63, 3.8) is 0 Å². The Morgan fingerprint density at radius 2 is 2.00 bits per heavy atom. The highest BCUT2D eigenvalue weighted by atomic mass is 19.1. The minimum Gasteiger partial charge on any atom is -0.338 e. The lowest BCUT2D eigenvalue weighted by molar-refractivity contribution is 0.0689. The minimum atomic E-state index is -0.347. The van der Waals surface area contributed by atoms with Gasteiger partial charge in [-0.2, -0.15) is 4.98 Å². The molecule has 8 nitrogen and oxygen atoms in total. The molecule has 1 fully saturated rings. The summed E-state index contributed by atoms with van der Waals surface area (Å²) in [4.78, 5) is 18.7. The van der Waals surface area contributed by atoms with E-state index in [2.05, 4.69) is 27.4 Å². The number of likely N-dealkylation sites (tertiary alicyclic amines) is 1. The Morgan fingerprint density at radius 3 is 2.71 bits per heavy atom. The molecule has 1 aliphatic rings. The molecular formula is C19H21FN6O2. The smallest absolute Gasteiger partial charge is 0.280 e. The Balaban J connectivity index is 1.38. The summed E-state index contributed by atoms with van der Waals surface area (Å²) in [6.45, 7) is 3.27. The molecule has 4 rings (SSSR count). The first kappa shape index (κ1) is 18.3. The predicted molar refractivity (Wildman–Crippen MR) is 97.9 cm³/mol. The first-order chi connectivity index (χ1) is 13.6. The van der Waals surface area contributed by atoms with Crippen molar-refractivity contribution in [2.24, 2.45) is 0 Å². The molecule has 1 amide bonds. The van der Waals surface area contributed by atoms with Crippen LogP contribution >= 0.6 is 0 Å². The number of hydrogen-bond acceptors (Lipinski definition) is 6. The second kappa shape index (κ2) is 7.87. The van der Waals surface area contributed by atoms with Crippen LogP contribution in [0, 0.1) is 5.82 Å². The molecule has 1 aliphatic heterocycles. The monoisotopic (exact) mass is 384 g/mol. The maximum absolute atomic E-state index is 13.0. The van der Waals surface area contributed by atoms with Crippen LogP contribution in [0.15, 0.2) is 35.0 Å². The van der Waals surface area contributed by atoms with Crippen molar-refractivity contribution < 1.29 is 13.7 Å². The summed E-state index contributed by atoms with van der Waals surface area (Å²) >= 11 is 0. The van der Waals surface area contributed by atoms with Gasteiger partial charge in [-0.25, -0.2) is 9.07 Å². The van der Waals surface area contributed by atoms with E-state index in [9.17, 15) is 9.18 Å². The van der Waals surface area contributed by atoms with E-state index in [0.717, 1.165) is 25.7 Å². The average molecular weight is 384 g/mol. The summed E-state index contributed by atoms with van der Waals surface area (Å²) in [5.74, 6) is 0.616. The number of aryl methyl sites for hydroxylation is 1. The molecule has 0 aliphatic carbocycles. The maximum atomic E-state index is 13.0. The number of benzene rings is 1. The van der Waals surface area contributed by atoms with Gasteiger partial charge in [0, 0.05) is 25.1 Å². The van der Waals surface area contributed by atoms with Crippen LogP contribution in [-0.2, 0) is 6.42 Å². The second-order valence-electron chi connectivity index (χ2n) is 6.88. The first-order valence-corrected chi connectivity index (χ1v) is 9.43. The van der Waals surface area contributed by atoms with E-state index in [0.29, 0.717) is 36.1 Å². The SMILES string of the molecule is CCCc1noc(-c2cn(C3CCN(C(=O)c4ccc(F)cc4)CC3)nn2)n1. The quantitative estimate of drug-likeness (QED) is 0.672. The van der Waals surface area contributed by atoms with Crippen LogP contribution < -0.4 is 0 Å². The van der Waals surface area contributed by atoms with Gasteiger partial charge in [0.25, 0.3) is 11.8 Å². The molecule has 1 aromatic carbocycles. The summed E-state index contributed by atoms with van der Waals surface area (Å²) in [5, 5.41) is 12.3. The van der Waals surface area contributed by atoms with E-state index in [1.807, 2.05) is 6.20 Å². The molecule has 0 unspecified atom stereocenters. The zero-order chi connectivity index (χ0) is 19.5. The fourth-order valence-corrected chi connectivity index (χ4v) is 3.34. The van der Waals surface area contributed by atoms with Crippen LogP contribution in [0.4, 0.5) is 4.39 Å². The Labute approximate surface area is 161 Å². The molecule has 0 bridgehead atoms. The van der Waals surface area contributed by atoms with Gasteiger partial charge >= 0.3 is 0 Å². The van der Waals surface area contributed by atoms with E-state index in [-0.39, 0.29) is 17.8 Å². The number of hydrogen-bond donors (Lipinski definition) is 0. The third-order valence-corrected chi connectivity index (χ3v) is 4.89. The van der Waals surface area contributed by atoms with E-state index >= 15 is 0 Å². The van der Waals surface area contributed by atoms with Gasteiger partial charge in [-0.1, -0.05) is 17.3 Å². The minimum absolute atomic E-state index is 0.0768. The molecule has 0 atom stereocenters. The zero-order valence-corrected chi connectivity index (χ0v) is 15.6. The van der Waals surface area contributed by atoms with Crippen LogP contribution in [0.25, 0.3) is 11.6 Å². The second-order valence-corrected chi connectivity index (χ2v) is 6.88. The molecule has 28 heavy (non-hydrogen) atoms. The van der Waals surface area contributed by atoms with Gasteiger partial charge in [0.2, 0.25) is 0 Å². The summed E-state index contributed by atoms with van der Waals surface area (Å²) in [7, 11) is 0. The molecule has 0 spiro atoms. The highest BCUT2D eigenvalue weighted by Crippen LogP contribution is 2.24. The molecule has 2 aromatic heterocycles. The van der Waals surface area contributed by atoms with Gasteiger partial charge in [0.15, 0.2) is 11.5 Å². The largest absolute Gasteiger partial charge is 0.338 e. The number of aromatic nitrogens is 5. The molecule has 146 valence electrons. The Hall–Kier alpha value is -3.10. The van der Waals surface area contributed by atoms with Gasteiger partial charge in [-0.05, 0) is 43.5 Å². The van der Waals surface area contributed by atoms with Crippen LogP contribution in [0.5, 0.6) is 0 Å². The molecule has 0 saturated carbocycles. The molecule has 1 saturated heterocycles. The highest BCUT2D eigenvalue weighted by Gasteiger charge is 2.26. The van der Waals surface area contributed by atoms with Crippen molar-refractivity contribution in [1.29, 1.82) is 0 Å². The molecular weight excluding hydrogens is 363 g/mol. The van der Waals surface area contributed by atoms with Gasteiger partial charge < -0.3 is 9.42 Å². The molecule has 3 aromatic rings. The number of rotatable bonds is 5. The van der Waals surface area contributed by atoms with Crippen molar-refractivity contribution in [3.8, 4) is 11.6 Å². The molecule has 0 N–H and O–H groups in total. The normalized spacial score (nSPS) is 15.1. The molecule has 9 heteroatoms.